The van der Waals surface area contributed by atoms with E-state index in [1.165, 1.54) is 0 Å². The van der Waals surface area contributed by atoms with E-state index in [1.54, 1.807) is 6.07 Å². The molecule has 0 spiro atoms. The molecule has 2 aromatic carbocycles. The van der Waals surface area contributed by atoms with Crippen LogP contribution in [0.2, 0.25) is 0 Å². The summed E-state index contributed by atoms with van der Waals surface area (Å²) in [4.78, 5) is 0. The van der Waals surface area contributed by atoms with E-state index in [0.29, 0.717) is 25.6 Å². The molecule has 1 aliphatic rings. The Morgan fingerprint density at radius 3 is 2.74 bits per heavy atom. The number of hydrogen-bond donors (Lipinski definition) is 2. The molecular weight excluding hydrogens is 242 g/mol. The Kier molecular flexibility index (Phi) is 3.25. The van der Waals surface area contributed by atoms with Crippen LogP contribution in [-0.4, -0.2) is 11.9 Å². The van der Waals surface area contributed by atoms with E-state index in [4.69, 9.17) is 9.47 Å². The molecule has 0 fully saturated rings. The van der Waals surface area contributed by atoms with Gasteiger partial charge >= 0.3 is 0 Å². The maximum Gasteiger partial charge on any atom is 0.231 e. The fourth-order valence-corrected chi connectivity index (χ4v) is 2.05. The van der Waals surface area contributed by atoms with Crippen molar-refractivity contribution in [2.24, 2.45) is 0 Å². The number of aromatic hydroxyl groups is 1. The molecule has 2 aromatic rings. The highest BCUT2D eigenvalue weighted by atomic mass is 16.7. The fraction of sp³-hybridized carbons (Fsp3) is 0.200. The van der Waals surface area contributed by atoms with Crippen LogP contribution in [0.25, 0.3) is 0 Å². The lowest BCUT2D eigenvalue weighted by atomic mass is 10.1. The molecule has 0 aliphatic carbocycles. The quantitative estimate of drug-likeness (QED) is 0.883. The summed E-state index contributed by atoms with van der Waals surface area (Å²) < 4.78 is 10.6. The van der Waals surface area contributed by atoms with Crippen molar-refractivity contribution in [3.63, 3.8) is 0 Å². The number of benzene rings is 2. The Bertz CT molecular complexity index is 583. The average molecular weight is 257 g/mol. The zero-order chi connectivity index (χ0) is 13.1. The monoisotopic (exact) mass is 257 g/mol. The van der Waals surface area contributed by atoms with Crippen molar-refractivity contribution < 1.29 is 14.6 Å². The lowest BCUT2D eigenvalue weighted by Crippen LogP contribution is -2.12. The van der Waals surface area contributed by atoms with E-state index in [0.717, 1.165) is 22.6 Å². The minimum absolute atomic E-state index is 0.296. The van der Waals surface area contributed by atoms with Gasteiger partial charge in [-0.3, -0.25) is 0 Å². The summed E-state index contributed by atoms with van der Waals surface area (Å²) in [5.74, 6) is 1.91. The van der Waals surface area contributed by atoms with Crippen molar-refractivity contribution in [2.75, 3.05) is 6.79 Å². The van der Waals surface area contributed by atoms with E-state index in [2.05, 4.69) is 5.32 Å². The van der Waals surface area contributed by atoms with Gasteiger partial charge in [0.1, 0.15) is 5.75 Å². The Morgan fingerprint density at radius 2 is 1.84 bits per heavy atom. The van der Waals surface area contributed by atoms with Crippen LogP contribution in [0, 0.1) is 0 Å². The molecule has 0 aromatic heterocycles. The SMILES string of the molecule is Oc1ccccc1CNCc1ccc2c(c1)OCO2. The first-order valence-corrected chi connectivity index (χ1v) is 6.19. The molecule has 0 atom stereocenters. The molecule has 4 heteroatoms. The minimum atomic E-state index is 0.296. The molecule has 0 saturated heterocycles. The second-order valence-electron chi connectivity index (χ2n) is 4.42. The second kappa shape index (κ2) is 5.20. The van der Waals surface area contributed by atoms with Gasteiger partial charge < -0.3 is 19.9 Å². The number of hydrogen-bond acceptors (Lipinski definition) is 4. The van der Waals surface area contributed by atoms with E-state index >= 15 is 0 Å². The largest absolute Gasteiger partial charge is 0.508 e. The highest BCUT2D eigenvalue weighted by Crippen LogP contribution is 2.32. The van der Waals surface area contributed by atoms with E-state index in [-0.39, 0.29) is 0 Å². The van der Waals surface area contributed by atoms with Gasteiger partial charge in [0.15, 0.2) is 11.5 Å². The molecule has 0 amide bonds. The number of fused-ring (bicyclic) bond motifs is 1. The number of phenolic OH excluding ortho intramolecular Hbond substituents is 1. The van der Waals surface area contributed by atoms with Crippen LogP contribution >= 0.6 is 0 Å². The van der Waals surface area contributed by atoms with Crippen LogP contribution < -0.4 is 14.8 Å². The third-order valence-electron chi connectivity index (χ3n) is 3.07. The molecule has 0 radical (unpaired) electrons. The van der Waals surface area contributed by atoms with Crippen LogP contribution in [0.15, 0.2) is 42.5 Å². The van der Waals surface area contributed by atoms with Gasteiger partial charge in [-0.05, 0) is 23.8 Å². The molecule has 1 aliphatic heterocycles. The number of nitrogens with one attached hydrogen (secondary N) is 1. The Balaban J connectivity index is 1.59. The van der Waals surface area contributed by atoms with Crippen molar-refractivity contribution in [2.45, 2.75) is 13.1 Å². The number of rotatable bonds is 4. The van der Waals surface area contributed by atoms with Gasteiger partial charge in [0.05, 0.1) is 0 Å². The predicted molar refractivity (Wildman–Crippen MR) is 71.2 cm³/mol. The first-order chi connectivity index (χ1) is 9.33. The van der Waals surface area contributed by atoms with Gasteiger partial charge in [-0.15, -0.1) is 0 Å². The smallest absolute Gasteiger partial charge is 0.231 e. The van der Waals surface area contributed by atoms with Crippen LogP contribution in [0.4, 0.5) is 0 Å². The van der Waals surface area contributed by atoms with Gasteiger partial charge in [-0.2, -0.15) is 0 Å². The van der Waals surface area contributed by atoms with Crippen LogP contribution in [-0.2, 0) is 13.1 Å². The topological polar surface area (TPSA) is 50.7 Å². The molecule has 0 bridgehead atoms. The average Bonchev–Trinajstić information content (AvgIpc) is 2.88. The molecule has 0 unspecified atom stereocenters. The fourth-order valence-electron chi connectivity index (χ4n) is 2.05. The van der Waals surface area contributed by atoms with Crippen LogP contribution in [0.3, 0.4) is 0 Å². The summed E-state index contributed by atoms with van der Waals surface area (Å²) in [6.07, 6.45) is 0. The summed E-state index contributed by atoms with van der Waals surface area (Å²) in [6, 6.07) is 13.2. The first kappa shape index (κ1) is 11.9. The van der Waals surface area contributed by atoms with Gasteiger partial charge in [-0.1, -0.05) is 24.3 Å². The standard InChI is InChI=1S/C15H15NO3/c17-13-4-2-1-3-12(13)9-16-8-11-5-6-14-15(7-11)19-10-18-14/h1-7,16-17H,8-10H2. The number of phenols is 1. The summed E-state index contributed by atoms with van der Waals surface area (Å²) in [5, 5.41) is 13.0. The third-order valence-corrected chi connectivity index (χ3v) is 3.07. The van der Waals surface area contributed by atoms with Gasteiger partial charge in [0, 0.05) is 18.7 Å². The molecule has 0 saturated carbocycles. The molecule has 19 heavy (non-hydrogen) atoms. The highest BCUT2D eigenvalue weighted by Gasteiger charge is 2.12. The predicted octanol–water partition coefficient (Wildman–Crippen LogP) is 2.41. The highest BCUT2D eigenvalue weighted by molar-refractivity contribution is 5.44. The minimum Gasteiger partial charge on any atom is -0.508 e. The van der Waals surface area contributed by atoms with Crippen molar-refractivity contribution in [3.05, 3.63) is 53.6 Å². The maximum atomic E-state index is 9.66. The van der Waals surface area contributed by atoms with Crippen molar-refractivity contribution in [1.29, 1.82) is 0 Å². The normalized spacial score (nSPS) is 12.6. The van der Waals surface area contributed by atoms with Crippen molar-refractivity contribution in [1.82, 2.24) is 5.32 Å². The molecule has 1 heterocycles. The van der Waals surface area contributed by atoms with Gasteiger partial charge in [0.25, 0.3) is 0 Å². The summed E-state index contributed by atoms with van der Waals surface area (Å²) in [7, 11) is 0. The molecular formula is C15H15NO3. The molecule has 98 valence electrons. The van der Waals surface area contributed by atoms with E-state index in [9.17, 15) is 5.11 Å². The Labute approximate surface area is 111 Å². The van der Waals surface area contributed by atoms with E-state index < -0.39 is 0 Å². The Morgan fingerprint density at radius 1 is 1.00 bits per heavy atom. The number of ether oxygens (including phenoxy) is 2. The summed E-state index contributed by atoms with van der Waals surface area (Å²) >= 11 is 0. The first-order valence-electron chi connectivity index (χ1n) is 6.19. The van der Waals surface area contributed by atoms with Gasteiger partial charge in [0.2, 0.25) is 6.79 Å². The zero-order valence-electron chi connectivity index (χ0n) is 10.4. The van der Waals surface area contributed by atoms with Crippen molar-refractivity contribution in [3.8, 4) is 17.2 Å². The zero-order valence-corrected chi connectivity index (χ0v) is 10.4. The molecule has 2 N–H and O–H groups in total. The van der Waals surface area contributed by atoms with Crippen LogP contribution in [0.5, 0.6) is 17.2 Å². The lowest BCUT2D eigenvalue weighted by molar-refractivity contribution is 0.174. The third kappa shape index (κ3) is 2.63. The number of para-hydroxylation sites is 1. The molecule has 3 rings (SSSR count). The summed E-state index contributed by atoms with van der Waals surface area (Å²) in [5.41, 5.74) is 2.02. The summed E-state index contributed by atoms with van der Waals surface area (Å²) in [6.45, 7) is 1.64. The Hall–Kier alpha value is -2.20. The maximum absolute atomic E-state index is 9.66. The van der Waals surface area contributed by atoms with Crippen molar-refractivity contribution >= 4 is 0 Å². The van der Waals surface area contributed by atoms with Crippen LogP contribution in [0.1, 0.15) is 11.1 Å². The molecule has 4 nitrogen and oxygen atoms in total. The van der Waals surface area contributed by atoms with E-state index in [1.807, 2.05) is 36.4 Å². The second-order valence-corrected chi connectivity index (χ2v) is 4.42. The van der Waals surface area contributed by atoms with Gasteiger partial charge in [-0.25, -0.2) is 0 Å². The lowest BCUT2D eigenvalue weighted by Gasteiger charge is -2.07.